The molecule has 0 bridgehead atoms. The highest BCUT2D eigenvalue weighted by Crippen LogP contribution is 2.27. The van der Waals surface area contributed by atoms with Crippen LogP contribution < -0.4 is 5.73 Å². The van der Waals surface area contributed by atoms with Gasteiger partial charge in [0.05, 0.1) is 5.56 Å². The van der Waals surface area contributed by atoms with Gasteiger partial charge in [0.15, 0.2) is 0 Å². The molecule has 1 fully saturated rings. The first-order chi connectivity index (χ1) is 10.2. The number of carbonyl (C=O) groups is 3. The second-order valence-electron chi connectivity index (χ2n) is 5.43. The maximum Gasteiger partial charge on any atom is 0.335 e. The highest BCUT2D eigenvalue weighted by molar-refractivity contribution is 5.87. The first-order valence-corrected chi connectivity index (χ1v) is 6.54. The van der Waals surface area contributed by atoms with Crippen molar-refractivity contribution in [3.05, 3.63) is 35.4 Å². The molecule has 5 N–H and O–H groups in total. The minimum Gasteiger partial charge on any atom is -0.480 e. The molecule has 1 aromatic carbocycles. The van der Waals surface area contributed by atoms with Gasteiger partial charge in [-0.05, 0) is 17.7 Å². The molecule has 1 aromatic rings. The summed E-state index contributed by atoms with van der Waals surface area (Å²) < 4.78 is 0. The third-order valence-electron chi connectivity index (χ3n) is 3.75. The number of hydrogen-bond donors (Lipinski definition) is 4. The van der Waals surface area contributed by atoms with Gasteiger partial charge in [0.2, 0.25) is 0 Å². The summed E-state index contributed by atoms with van der Waals surface area (Å²) in [6.07, 6.45) is -0.198. The Balaban J connectivity index is 2.23. The summed E-state index contributed by atoms with van der Waals surface area (Å²) in [5, 5.41) is 27.3. The van der Waals surface area contributed by atoms with Gasteiger partial charge >= 0.3 is 17.9 Å². The molecule has 118 valence electrons. The van der Waals surface area contributed by atoms with Crippen molar-refractivity contribution in [3.63, 3.8) is 0 Å². The topological polar surface area (TPSA) is 141 Å². The predicted octanol–water partition coefficient (Wildman–Crippen LogP) is -0.174. The minimum absolute atomic E-state index is 0.0841. The monoisotopic (exact) mass is 308 g/mol. The fraction of sp³-hybridized carbons (Fsp3) is 0.357. The molecule has 8 heteroatoms. The van der Waals surface area contributed by atoms with Crippen LogP contribution in [0.15, 0.2) is 24.3 Å². The summed E-state index contributed by atoms with van der Waals surface area (Å²) in [7, 11) is 0. The van der Waals surface area contributed by atoms with Gasteiger partial charge in [-0.1, -0.05) is 12.1 Å². The van der Waals surface area contributed by atoms with Crippen LogP contribution in [0.4, 0.5) is 0 Å². The minimum atomic E-state index is -1.62. The Bertz CT molecular complexity index is 632. The Labute approximate surface area is 125 Å². The van der Waals surface area contributed by atoms with Crippen molar-refractivity contribution in [3.8, 4) is 0 Å². The number of rotatable bonds is 5. The third-order valence-corrected chi connectivity index (χ3v) is 3.75. The molecule has 0 saturated carbocycles. The van der Waals surface area contributed by atoms with Crippen molar-refractivity contribution in [2.24, 2.45) is 5.73 Å². The molecule has 2 atom stereocenters. The lowest BCUT2D eigenvalue weighted by atomic mass is 9.98. The average molecular weight is 308 g/mol. The van der Waals surface area contributed by atoms with Gasteiger partial charge < -0.3 is 21.1 Å². The zero-order chi connectivity index (χ0) is 16.5. The lowest BCUT2D eigenvalue weighted by Gasteiger charge is -2.22. The summed E-state index contributed by atoms with van der Waals surface area (Å²) in [6.45, 7) is 0.000908. The van der Waals surface area contributed by atoms with Crippen LogP contribution in [0.2, 0.25) is 0 Å². The number of aromatic carboxylic acids is 1. The van der Waals surface area contributed by atoms with Crippen LogP contribution in [0, 0.1) is 0 Å². The van der Waals surface area contributed by atoms with E-state index in [9.17, 15) is 19.5 Å². The Morgan fingerprint density at radius 1 is 1.27 bits per heavy atom. The Hall–Kier alpha value is -2.45. The molecule has 1 saturated heterocycles. The van der Waals surface area contributed by atoms with Crippen LogP contribution in [-0.4, -0.2) is 56.3 Å². The summed E-state index contributed by atoms with van der Waals surface area (Å²) in [6, 6.07) is 5.04. The van der Waals surface area contributed by atoms with E-state index in [1.165, 1.54) is 17.0 Å². The normalized spacial score (nSPS) is 25.0. The van der Waals surface area contributed by atoms with Crippen LogP contribution in [0.25, 0.3) is 0 Å². The van der Waals surface area contributed by atoms with Crippen LogP contribution in [0.3, 0.4) is 0 Å². The van der Waals surface area contributed by atoms with E-state index in [0.717, 1.165) is 0 Å². The van der Waals surface area contributed by atoms with Crippen molar-refractivity contribution in [1.82, 2.24) is 4.90 Å². The van der Waals surface area contributed by atoms with E-state index >= 15 is 0 Å². The molecule has 1 heterocycles. The fourth-order valence-electron chi connectivity index (χ4n) is 2.61. The molecule has 8 nitrogen and oxygen atoms in total. The zero-order valence-electron chi connectivity index (χ0n) is 11.6. The number of benzene rings is 1. The molecule has 0 unspecified atom stereocenters. The van der Waals surface area contributed by atoms with Crippen molar-refractivity contribution < 1.29 is 29.7 Å². The van der Waals surface area contributed by atoms with Gasteiger partial charge in [-0.15, -0.1) is 0 Å². The maximum atomic E-state index is 11.3. The fourth-order valence-corrected chi connectivity index (χ4v) is 2.61. The predicted molar refractivity (Wildman–Crippen MR) is 74.4 cm³/mol. The Morgan fingerprint density at radius 3 is 2.50 bits per heavy atom. The van der Waals surface area contributed by atoms with E-state index in [1.807, 2.05) is 0 Å². The number of hydrogen-bond acceptors (Lipinski definition) is 5. The third kappa shape index (κ3) is 3.07. The molecule has 0 amide bonds. The molecule has 2 rings (SSSR count). The van der Waals surface area contributed by atoms with Crippen LogP contribution in [-0.2, 0) is 16.1 Å². The number of carboxylic acid groups (broad SMARTS) is 3. The van der Waals surface area contributed by atoms with Gasteiger partial charge in [0.1, 0.15) is 11.6 Å². The van der Waals surface area contributed by atoms with Gasteiger partial charge in [-0.2, -0.15) is 0 Å². The SMILES string of the molecule is N[C@]1(C(=O)O)C[C@H](C(=O)O)N(Cc2cccc(C(=O)O)c2)C1. The number of carboxylic acids is 3. The average Bonchev–Trinajstić information content (AvgIpc) is 2.78. The number of nitrogens with two attached hydrogens (primary N) is 1. The van der Waals surface area contributed by atoms with E-state index in [2.05, 4.69) is 0 Å². The summed E-state index contributed by atoms with van der Waals surface area (Å²) >= 11 is 0. The molecule has 1 aliphatic rings. The molecule has 0 radical (unpaired) electrons. The molecular formula is C14H16N2O6. The van der Waals surface area contributed by atoms with Crippen molar-refractivity contribution in [2.45, 2.75) is 24.5 Å². The van der Waals surface area contributed by atoms with Gasteiger partial charge in [0.25, 0.3) is 0 Å². The molecule has 0 aromatic heterocycles. The van der Waals surface area contributed by atoms with Crippen molar-refractivity contribution in [2.75, 3.05) is 6.54 Å². The lowest BCUT2D eigenvalue weighted by Crippen LogP contribution is -2.50. The van der Waals surface area contributed by atoms with Gasteiger partial charge in [0, 0.05) is 19.5 Å². The first kappa shape index (κ1) is 15.9. The summed E-state index contributed by atoms with van der Waals surface area (Å²) in [4.78, 5) is 34.9. The lowest BCUT2D eigenvalue weighted by molar-refractivity contribution is -0.142. The van der Waals surface area contributed by atoms with Crippen LogP contribution >= 0.6 is 0 Å². The van der Waals surface area contributed by atoms with Gasteiger partial charge in [-0.25, -0.2) is 4.79 Å². The van der Waals surface area contributed by atoms with E-state index in [0.29, 0.717) is 5.56 Å². The number of likely N-dealkylation sites (tertiary alicyclic amines) is 1. The first-order valence-electron chi connectivity index (χ1n) is 6.54. The summed E-state index contributed by atoms with van der Waals surface area (Å²) in [5.74, 6) is -3.49. The molecule has 22 heavy (non-hydrogen) atoms. The van der Waals surface area contributed by atoms with Crippen LogP contribution in [0.1, 0.15) is 22.3 Å². The Kier molecular flexibility index (Phi) is 4.16. The molecule has 0 aliphatic carbocycles. The van der Waals surface area contributed by atoms with E-state index in [1.54, 1.807) is 12.1 Å². The largest absolute Gasteiger partial charge is 0.480 e. The number of aliphatic carboxylic acids is 2. The zero-order valence-corrected chi connectivity index (χ0v) is 11.6. The molecular weight excluding hydrogens is 292 g/mol. The standard InChI is InChI=1S/C14H16N2O6/c15-14(13(21)22)5-10(12(19)20)16(7-14)6-8-2-1-3-9(4-8)11(17)18/h1-4,10H,5-7,15H2,(H,17,18)(H,19,20)(H,21,22)/t10-,14-/m1/s1. The smallest absolute Gasteiger partial charge is 0.335 e. The molecule has 1 aliphatic heterocycles. The molecule has 0 spiro atoms. The number of nitrogens with zero attached hydrogens (tertiary/aromatic N) is 1. The summed E-state index contributed by atoms with van der Waals surface area (Å²) in [5.41, 5.74) is 4.80. The van der Waals surface area contributed by atoms with Gasteiger partial charge in [-0.3, -0.25) is 14.5 Å². The maximum absolute atomic E-state index is 11.3. The van der Waals surface area contributed by atoms with Crippen molar-refractivity contribution >= 4 is 17.9 Å². The van der Waals surface area contributed by atoms with Crippen molar-refractivity contribution in [1.29, 1.82) is 0 Å². The quantitative estimate of drug-likeness (QED) is 0.587. The van der Waals surface area contributed by atoms with E-state index < -0.39 is 29.5 Å². The van der Waals surface area contributed by atoms with Crippen LogP contribution in [0.5, 0.6) is 0 Å². The highest BCUT2D eigenvalue weighted by Gasteiger charge is 2.49. The second kappa shape index (κ2) is 5.74. The second-order valence-corrected chi connectivity index (χ2v) is 5.43. The highest BCUT2D eigenvalue weighted by atomic mass is 16.4. The van der Waals surface area contributed by atoms with E-state index in [4.69, 9.17) is 15.9 Å². The Morgan fingerprint density at radius 2 is 1.95 bits per heavy atom. The van der Waals surface area contributed by atoms with E-state index in [-0.39, 0.29) is 25.1 Å².